The van der Waals surface area contributed by atoms with Crippen molar-refractivity contribution in [2.75, 3.05) is 25.2 Å². The minimum Gasteiger partial charge on any atom is -0.476 e. The van der Waals surface area contributed by atoms with Gasteiger partial charge in [0.1, 0.15) is 5.82 Å². The summed E-state index contributed by atoms with van der Waals surface area (Å²) in [6.45, 7) is 5.35. The van der Waals surface area contributed by atoms with Crippen LogP contribution in [-0.4, -0.2) is 47.3 Å². The zero-order chi connectivity index (χ0) is 12.8. The molecule has 1 heterocycles. The zero-order valence-corrected chi connectivity index (χ0v) is 10.3. The molecular weight excluding hydrogens is 222 g/mol. The van der Waals surface area contributed by atoms with Gasteiger partial charge in [0, 0.05) is 13.7 Å². The average molecular weight is 239 g/mol. The van der Waals surface area contributed by atoms with Crippen molar-refractivity contribution in [1.82, 2.24) is 9.97 Å². The normalized spacial score (nSPS) is 12.2. The first-order chi connectivity index (χ1) is 8.10. The van der Waals surface area contributed by atoms with Crippen LogP contribution in [0, 0.1) is 0 Å². The lowest BCUT2D eigenvalue weighted by molar-refractivity contribution is 0.0690. The topological polar surface area (TPSA) is 75.6 Å². The van der Waals surface area contributed by atoms with E-state index in [0.29, 0.717) is 12.4 Å². The third-order valence-corrected chi connectivity index (χ3v) is 2.43. The highest BCUT2D eigenvalue weighted by atomic mass is 16.5. The van der Waals surface area contributed by atoms with Gasteiger partial charge in [-0.25, -0.2) is 14.8 Å². The fraction of sp³-hybridized carbons (Fsp3) is 0.545. The van der Waals surface area contributed by atoms with E-state index in [2.05, 4.69) is 9.97 Å². The van der Waals surface area contributed by atoms with Gasteiger partial charge in [-0.3, -0.25) is 0 Å². The number of anilines is 1. The number of hydrogen-bond donors (Lipinski definition) is 1. The van der Waals surface area contributed by atoms with Crippen molar-refractivity contribution in [1.29, 1.82) is 0 Å². The summed E-state index contributed by atoms with van der Waals surface area (Å²) in [7, 11) is 1.64. The van der Waals surface area contributed by atoms with Crippen molar-refractivity contribution in [2.24, 2.45) is 0 Å². The Bertz CT molecular complexity index is 367. The largest absolute Gasteiger partial charge is 0.476 e. The predicted molar refractivity (Wildman–Crippen MR) is 63.3 cm³/mol. The molecule has 0 radical (unpaired) electrons. The summed E-state index contributed by atoms with van der Waals surface area (Å²) in [5.74, 6) is -0.418. The molecular formula is C11H17N3O3. The number of methoxy groups -OCH3 is 1. The quantitative estimate of drug-likeness (QED) is 0.799. The number of carboxylic acids is 1. The van der Waals surface area contributed by atoms with E-state index >= 15 is 0 Å². The van der Waals surface area contributed by atoms with Crippen molar-refractivity contribution in [3.8, 4) is 0 Å². The minimum absolute atomic E-state index is 0.0517. The van der Waals surface area contributed by atoms with Gasteiger partial charge in [-0.1, -0.05) is 0 Å². The summed E-state index contributed by atoms with van der Waals surface area (Å²) in [4.78, 5) is 20.6. The van der Waals surface area contributed by atoms with E-state index in [1.165, 1.54) is 12.4 Å². The van der Waals surface area contributed by atoms with Crippen LogP contribution in [0.25, 0.3) is 0 Å². The van der Waals surface area contributed by atoms with Crippen molar-refractivity contribution in [2.45, 2.75) is 19.9 Å². The lowest BCUT2D eigenvalue weighted by atomic mass is 10.3. The fourth-order valence-electron chi connectivity index (χ4n) is 1.61. The van der Waals surface area contributed by atoms with E-state index < -0.39 is 5.97 Å². The van der Waals surface area contributed by atoms with E-state index in [9.17, 15) is 4.79 Å². The summed E-state index contributed by atoms with van der Waals surface area (Å²) in [5.41, 5.74) is -0.0517. The summed E-state index contributed by atoms with van der Waals surface area (Å²) in [6, 6.07) is 0.162. The van der Waals surface area contributed by atoms with Crippen LogP contribution in [0.1, 0.15) is 24.3 Å². The standard InChI is InChI=1S/C11H17N3O3/c1-4-14(8(2)7-17-3)10-6-12-9(5-13-10)11(15)16/h5-6,8H,4,7H2,1-3H3,(H,15,16). The molecule has 1 unspecified atom stereocenters. The van der Waals surface area contributed by atoms with E-state index in [0.717, 1.165) is 6.54 Å². The molecule has 0 aliphatic carbocycles. The van der Waals surface area contributed by atoms with Gasteiger partial charge in [-0.15, -0.1) is 0 Å². The number of likely N-dealkylation sites (N-methyl/N-ethyl adjacent to an activating group) is 1. The minimum atomic E-state index is -1.07. The summed E-state index contributed by atoms with van der Waals surface area (Å²) < 4.78 is 5.09. The maximum absolute atomic E-state index is 10.7. The number of aromatic carboxylic acids is 1. The maximum Gasteiger partial charge on any atom is 0.356 e. The van der Waals surface area contributed by atoms with E-state index in [4.69, 9.17) is 9.84 Å². The van der Waals surface area contributed by atoms with Gasteiger partial charge in [-0.05, 0) is 13.8 Å². The number of carbonyl (C=O) groups is 1. The highest BCUT2D eigenvalue weighted by molar-refractivity contribution is 5.84. The van der Waals surface area contributed by atoms with E-state index in [1.807, 2.05) is 18.7 Å². The van der Waals surface area contributed by atoms with Crippen LogP contribution < -0.4 is 4.90 Å². The van der Waals surface area contributed by atoms with Crippen molar-refractivity contribution in [3.63, 3.8) is 0 Å². The summed E-state index contributed by atoms with van der Waals surface area (Å²) in [5, 5.41) is 8.73. The van der Waals surface area contributed by atoms with Gasteiger partial charge in [0.05, 0.1) is 25.0 Å². The summed E-state index contributed by atoms with van der Waals surface area (Å²) >= 11 is 0. The lowest BCUT2D eigenvalue weighted by Crippen LogP contribution is -2.36. The first-order valence-corrected chi connectivity index (χ1v) is 5.41. The van der Waals surface area contributed by atoms with Gasteiger partial charge in [0.25, 0.3) is 0 Å². The Morgan fingerprint density at radius 1 is 1.53 bits per heavy atom. The Labute approximate surface area is 100 Å². The second-order valence-electron chi connectivity index (χ2n) is 3.66. The predicted octanol–water partition coefficient (Wildman–Crippen LogP) is 1.04. The fourth-order valence-corrected chi connectivity index (χ4v) is 1.61. The van der Waals surface area contributed by atoms with E-state index in [-0.39, 0.29) is 11.7 Å². The van der Waals surface area contributed by atoms with Gasteiger partial charge in [-0.2, -0.15) is 0 Å². The number of carboxylic acid groups (broad SMARTS) is 1. The second-order valence-corrected chi connectivity index (χ2v) is 3.66. The van der Waals surface area contributed by atoms with Crippen LogP contribution in [0.3, 0.4) is 0 Å². The molecule has 1 rings (SSSR count). The van der Waals surface area contributed by atoms with Crippen LogP contribution in [0.4, 0.5) is 5.82 Å². The molecule has 0 amide bonds. The number of aromatic nitrogens is 2. The van der Waals surface area contributed by atoms with Gasteiger partial charge in [0.2, 0.25) is 0 Å². The molecule has 0 saturated heterocycles. The second kappa shape index (κ2) is 6.15. The van der Waals surface area contributed by atoms with Crippen LogP contribution >= 0.6 is 0 Å². The zero-order valence-electron chi connectivity index (χ0n) is 10.3. The van der Waals surface area contributed by atoms with Crippen molar-refractivity contribution >= 4 is 11.8 Å². The van der Waals surface area contributed by atoms with Crippen LogP contribution in [-0.2, 0) is 4.74 Å². The van der Waals surface area contributed by atoms with Gasteiger partial charge in [0.15, 0.2) is 5.69 Å². The molecule has 6 heteroatoms. The smallest absolute Gasteiger partial charge is 0.356 e. The molecule has 0 spiro atoms. The maximum atomic E-state index is 10.7. The third-order valence-electron chi connectivity index (χ3n) is 2.43. The molecule has 0 aromatic carbocycles. The number of ether oxygens (including phenoxy) is 1. The molecule has 0 bridgehead atoms. The third kappa shape index (κ3) is 3.39. The van der Waals surface area contributed by atoms with Crippen LogP contribution in [0.15, 0.2) is 12.4 Å². The highest BCUT2D eigenvalue weighted by Gasteiger charge is 2.15. The SMILES string of the molecule is CCN(c1cnc(C(=O)O)cn1)C(C)COC. The molecule has 6 nitrogen and oxygen atoms in total. The Balaban J connectivity index is 2.85. The van der Waals surface area contributed by atoms with Crippen LogP contribution in [0.5, 0.6) is 0 Å². The lowest BCUT2D eigenvalue weighted by Gasteiger charge is -2.28. The summed E-state index contributed by atoms with van der Waals surface area (Å²) in [6.07, 6.45) is 2.74. The molecule has 1 aromatic rings. The Kier molecular flexibility index (Phi) is 4.84. The molecule has 0 aliphatic rings. The first kappa shape index (κ1) is 13.4. The molecule has 1 N–H and O–H groups in total. The van der Waals surface area contributed by atoms with Crippen LogP contribution in [0.2, 0.25) is 0 Å². The molecule has 1 aromatic heterocycles. The molecule has 0 saturated carbocycles. The first-order valence-electron chi connectivity index (χ1n) is 5.41. The number of nitrogens with zero attached hydrogens (tertiary/aromatic N) is 3. The Morgan fingerprint density at radius 2 is 2.24 bits per heavy atom. The highest BCUT2D eigenvalue weighted by Crippen LogP contribution is 2.12. The van der Waals surface area contributed by atoms with Gasteiger partial charge >= 0.3 is 5.97 Å². The number of hydrogen-bond acceptors (Lipinski definition) is 5. The van der Waals surface area contributed by atoms with E-state index in [1.54, 1.807) is 7.11 Å². The molecule has 17 heavy (non-hydrogen) atoms. The molecule has 94 valence electrons. The van der Waals surface area contributed by atoms with Crippen molar-refractivity contribution in [3.05, 3.63) is 18.1 Å². The molecule has 0 fully saturated rings. The molecule has 1 atom stereocenters. The average Bonchev–Trinajstić information content (AvgIpc) is 2.31. The molecule has 0 aliphatic heterocycles. The Morgan fingerprint density at radius 3 is 2.65 bits per heavy atom. The van der Waals surface area contributed by atoms with Gasteiger partial charge < -0.3 is 14.7 Å². The van der Waals surface area contributed by atoms with Crippen molar-refractivity contribution < 1.29 is 14.6 Å². The number of rotatable bonds is 6. The monoisotopic (exact) mass is 239 g/mol. The Hall–Kier alpha value is -1.69.